The van der Waals surface area contributed by atoms with Crippen molar-refractivity contribution in [3.8, 4) is 0 Å². The van der Waals surface area contributed by atoms with Crippen LogP contribution in [0.25, 0.3) is 0 Å². The summed E-state index contributed by atoms with van der Waals surface area (Å²) >= 11 is 0. The third-order valence-corrected chi connectivity index (χ3v) is 4.57. The van der Waals surface area contributed by atoms with Gasteiger partial charge in [-0.3, -0.25) is 0 Å². The van der Waals surface area contributed by atoms with Crippen LogP contribution in [0.4, 0.5) is 0 Å². The average molecular weight is 410 g/mol. The zero-order valence-corrected chi connectivity index (χ0v) is 18.9. The Morgan fingerprint density at radius 2 is 1.31 bits per heavy atom. The van der Waals surface area contributed by atoms with Crippen molar-refractivity contribution in [3.05, 3.63) is 0 Å². The molecule has 2 atom stereocenters. The molecule has 2 unspecified atom stereocenters. The van der Waals surface area contributed by atoms with Crippen LogP contribution < -0.4 is 0 Å². The van der Waals surface area contributed by atoms with Gasteiger partial charge >= 0.3 is 0 Å². The summed E-state index contributed by atoms with van der Waals surface area (Å²) in [6.45, 7) is 16.8. The van der Waals surface area contributed by atoms with Gasteiger partial charge in [0, 0.05) is 0 Å². The molecule has 0 fully saturated rings. The van der Waals surface area contributed by atoms with Gasteiger partial charge in [0.05, 0.1) is 19.6 Å². The summed E-state index contributed by atoms with van der Waals surface area (Å²) in [5.41, 5.74) is 0.383. The van der Waals surface area contributed by atoms with Crippen molar-refractivity contribution in [2.75, 3.05) is 19.6 Å². The van der Waals surface area contributed by atoms with Gasteiger partial charge in [0.1, 0.15) is 0 Å². The van der Waals surface area contributed by atoms with Gasteiger partial charge in [-0.25, -0.2) is 29.4 Å². The molecule has 0 aliphatic rings. The van der Waals surface area contributed by atoms with E-state index in [-0.39, 0.29) is 12.8 Å². The lowest BCUT2D eigenvalue weighted by Crippen LogP contribution is -2.19. The van der Waals surface area contributed by atoms with Crippen molar-refractivity contribution in [2.24, 2.45) is 37.6 Å². The number of aliphatic imine (C=N–C) groups is 3. The summed E-state index contributed by atoms with van der Waals surface area (Å²) in [5, 5.41) is 0. The molecule has 0 aliphatic heterocycles. The van der Waals surface area contributed by atoms with Crippen LogP contribution in [0.15, 0.2) is 15.0 Å². The molecule has 0 saturated heterocycles. The predicted octanol–water partition coefficient (Wildman–Crippen LogP) is 5.91. The Morgan fingerprint density at radius 1 is 0.793 bits per heavy atom. The zero-order valence-electron chi connectivity index (χ0n) is 18.9. The Balaban J connectivity index is -0.000000455. The fourth-order valence-corrected chi connectivity index (χ4v) is 3.67. The van der Waals surface area contributed by atoms with Crippen LogP contribution in [0.5, 0.6) is 0 Å². The van der Waals surface area contributed by atoms with Crippen molar-refractivity contribution in [2.45, 2.75) is 88.0 Å². The van der Waals surface area contributed by atoms with Gasteiger partial charge in [0.2, 0.25) is 18.2 Å². The van der Waals surface area contributed by atoms with E-state index in [1.165, 1.54) is 18.9 Å². The normalized spacial score (nSPS) is 12.5. The third kappa shape index (κ3) is 22.3. The first-order valence-corrected chi connectivity index (χ1v) is 10.1. The summed E-state index contributed by atoms with van der Waals surface area (Å²) in [6, 6.07) is 0. The quantitative estimate of drug-likeness (QED) is 0.280. The molecule has 0 aromatic rings. The molecule has 0 aromatic heterocycles. The second kappa shape index (κ2) is 18.2. The topological polar surface area (TPSA) is 88.3 Å². The highest BCUT2D eigenvalue weighted by Gasteiger charge is 2.21. The number of carbonyl (C=O) groups excluding carboxylic acids is 3. The van der Waals surface area contributed by atoms with Gasteiger partial charge in [-0.05, 0) is 48.3 Å². The smallest absolute Gasteiger partial charge is 0.211 e. The Labute approximate surface area is 178 Å². The third-order valence-electron chi connectivity index (χ3n) is 4.57. The van der Waals surface area contributed by atoms with Crippen LogP contribution in [0.2, 0.25) is 0 Å². The van der Waals surface area contributed by atoms with Gasteiger partial charge in [-0.2, -0.15) is 0 Å². The van der Waals surface area contributed by atoms with Gasteiger partial charge in [0.15, 0.2) is 0 Å². The Hall–Kier alpha value is -1.86. The minimum Gasteiger partial charge on any atom is -0.211 e. The minimum atomic E-state index is 0. The molecule has 0 saturated carbocycles. The highest BCUT2D eigenvalue weighted by Crippen LogP contribution is 2.30. The molecule has 0 rings (SSSR count). The molecule has 0 aliphatic carbocycles. The monoisotopic (exact) mass is 409 g/mol. The largest absolute Gasteiger partial charge is 0.234 e. The summed E-state index contributed by atoms with van der Waals surface area (Å²) in [5.74, 6) is 0.946. The maximum absolute atomic E-state index is 10.00. The highest BCUT2D eigenvalue weighted by molar-refractivity contribution is 5.33. The first kappa shape index (κ1) is 31.8. The van der Waals surface area contributed by atoms with Crippen molar-refractivity contribution in [1.29, 1.82) is 0 Å². The van der Waals surface area contributed by atoms with Crippen LogP contribution in [0, 0.1) is 22.7 Å². The lowest BCUT2D eigenvalue weighted by Gasteiger charge is -2.26. The van der Waals surface area contributed by atoms with Gasteiger partial charge in [-0.15, -0.1) is 0 Å². The molecular weight excluding hydrogens is 366 g/mol. The van der Waals surface area contributed by atoms with Crippen LogP contribution >= 0.6 is 0 Å². The molecule has 0 spiro atoms. The van der Waals surface area contributed by atoms with Crippen LogP contribution in [0.3, 0.4) is 0 Å². The second-order valence-corrected chi connectivity index (χ2v) is 9.30. The minimum absolute atomic E-state index is 0. The number of rotatable bonds is 13. The molecular formula is C23H43N3O3. The number of hydrogen-bond acceptors (Lipinski definition) is 6. The van der Waals surface area contributed by atoms with E-state index in [1.807, 2.05) is 0 Å². The van der Waals surface area contributed by atoms with Crippen molar-refractivity contribution < 1.29 is 14.4 Å². The maximum Gasteiger partial charge on any atom is 0.234 e. The number of hydrogen-bond donors (Lipinski definition) is 0. The summed E-state index contributed by atoms with van der Waals surface area (Å²) in [7, 11) is 0. The molecule has 0 radical (unpaired) electrons. The molecule has 0 bridgehead atoms. The molecule has 0 heterocycles. The first-order valence-electron chi connectivity index (χ1n) is 10.1. The lowest BCUT2D eigenvalue weighted by atomic mass is 9.80. The SMILES string of the molecule is C.CC(CCN=C=O)CC(C)(C)CN=C=O.CCCC(C)(C)CC(C)CN=C=O. The summed E-state index contributed by atoms with van der Waals surface area (Å²) < 4.78 is 0. The zero-order chi connectivity index (χ0) is 22.1. The van der Waals surface area contributed by atoms with E-state index in [2.05, 4.69) is 63.4 Å². The lowest BCUT2D eigenvalue weighted by molar-refractivity contribution is 0.257. The Kier molecular flexibility index (Phi) is 20.0. The van der Waals surface area contributed by atoms with E-state index >= 15 is 0 Å². The maximum atomic E-state index is 10.00. The van der Waals surface area contributed by atoms with E-state index in [4.69, 9.17) is 0 Å². The molecule has 0 amide bonds. The molecule has 0 aromatic carbocycles. The molecule has 0 N–H and O–H groups in total. The van der Waals surface area contributed by atoms with Crippen LogP contribution in [-0.4, -0.2) is 37.9 Å². The van der Waals surface area contributed by atoms with E-state index in [0.717, 1.165) is 19.3 Å². The molecule has 29 heavy (non-hydrogen) atoms. The second-order valence-electron chi connectivity index (χ2n) is 9.30. The van der Waals surface area contributed by atoms with Crippen molar-refractivity contribution in [1.82, 2.24) is 0 Å². The Bertz CT molecular complexity index is 554. The van der Waals surface area contributed by atoms with E-state index in [0.29, 0.717) is 36.9 Å². The summed E-state index contributed by atoms with van der Waals surface area (Å²) in [6.07, 6.45) is 10.1. The van der Waals surface area contributed by atoms with Crippen molar-refractivity contribution >= 4 is 18.2 Å². The van der Waals surface area contributed by atoms with E-state index in [9.17, 15) is 14.4 Å². The standard InChI is InChI=1S/C11H18N2O2.C11H21NO.CH4/c1-10(4-5-12-8-14)6-11(2,3)7-13-9-15;1-5-6-11(3,4)7-10(2)8-12-9-13;/h10H,4-7H2,1-3H3;10H,5-8H2,1-4H3;1H4. The highest BCUT2D eigenvalue weighted by atomic mass is 16.1. The van der Waals surface area contributed by atoms with Crippen LogP contribution in [-0.2, 0) is 14.4 Å². The van der Waals surface area contributed by atoms with Gasteiger partial charge < -0.3 is 0 Å². The molecule has 6 nitrogen and oxygen atoms in total. The first-order chi connectivity index (χ1) is 13.0. The van der Waals surface area contributed by atoms with Gasteiger partial charge in [0.25, 0.3) is 0 Å². The predicted molar refractivity (Wildman–Crippen MR) is 120 cm³/mol. The fraction of sp³-hybridized carbons (Fsp3) is 0.870. The summed E-state index contributed by atoms with van der Waals surface area (Å²) in [4.78, 5) is 40.5. The van der Waals surface area contributed by atoms with Gasteiger partial charge in [-0.1, -0.05) is 62.3 Å². The molecule has 168 valence electrons. The van der Waals surface area contributed by atoms with E-state index in [1.54, 1.807) is 12.2 Å². The van der Waals surface area contributed by atoms with E-state index < -0.39 is 0 Å². The molecule has 6 heteroatoms. The fourth-order valence-electron chi connectivity index (χ4n) is 3.67. The Morgan fingerprint density at radius 3 is 1.79 bits per heavy atom. The number of isocyanates is 3. The van der Waals surface area contributed by atoms with Crippen molar-refractivity contribution in [3.63, 3.8) is 0 Å². The number of nitrogens with zero attached hydrogens (tertiary/aromatic N) is 3. The average Bonchev–Trinajstić information content (AvgIpc) is 2.58. The van der Waals surface area contributed by atoms with Crippen LogP contribution in [0.1, 0.15) is 88.0 Å².